The van der Waals surface area contributed by atoms with Gasteiger partial charge >= 0.3 is 0 Å². The van der Waals surface area contributed by atoms with Gasteiger partial charge in [0.15, 0.2) is 6.10 Å². The van der Waals surface area contributed by atoms with E-state index in [1.807, 2.05) is 6.07 Å². The molecule has 0 bridgehead atoms. The molecule has 2 rings (SSSR count). The van der Waals surface area contributed by atoms with Crippen LogP contribution in [0.1, 0.15) is 18.1 Å². The van der Waals surface area contributed by atoms with Gasteiger partial charge in [-0.2, -0.15) is 5.26 Å². The van der Waals surface area contributed by atoms with Gasteiger partial charge in [-0.3, -0.25) is 9.52 Å². The summed E-state index contributed by atoms with van der Waals surface area (Å²) >= 11 is 0. The molecule has 0 spiro atoms. The fourth-order valence-corrected chi connectivity index (χ4v) is 2.74. The first-order valence-corrected chi connectivity index (χ1v) is 9.63. The molecule has 0 fully saturated rings. The number of nitrogens with one attached hydrogen (secondary N) is 2. The Balaban J connectivity index is 2.06. The van der Waals surface area contributed by atoms with Crippen LogP contribution in [0.4, 0.5) is 11.4 Å². The molecule has 0 aliphatic heterocycles. The fourth-order valence-electron chi connectivity index (χ4n) is 2.12. The molecule has 0 radical (unpaired) electrons. The normalized spacial score (nSPS) is 11.9. The summed E-state index contributed by atoms with van der Waals surface area (Å²) in [4.78, 5) is 12.3. The number of nitriles is 1. The number of sulfonamides is 1. The second-order valence-corrected chi connectivity index (χ2v) is 7.54. The summed E-state index contributed by atoms with van der Waals surface area (Å²) in [7, 11) is -3.42. The zero-order valence-electron chi connectivity index (χ0n) is 14.6. The molecule has 0 heterocycles. The Hall–Kier alpha value is -3.05. The Morgan fingerprint density at radius 1 is 1.19 bits per heavy atom. The number of aryl methyl sites for hydroxylation is 1. The zero-order chi connectivity index (χ0) is 19.3. The van der Waals surface area contributed by atoms with Gasteiger partial charge in [0.05, 0.1) is 23.6 Å². The van der Waals surface area contributed by atoms with Crippen molar-refractivity contribution in [3.63, 3.8) is 0 Å². The number of amides is 1. The van der Waals surface area contributed by atoms with Gasteiger partial charge in [0.25, 0.3) is 5.91 Å². The Morgan fingerprint density at radius 3 is 2.42 bits per heavy atom. The highest BCUT2D eigenvalue weighted by molar-refractivity contribution is 7.92. The van der Waals surface area contributed by atoms with Gasteiger partial charge in [-0.05, 0) is 55.8 Å². The maximum Gasteiger partial charge on any atom is 0.265 e. The quantitative estimate of drug-likeness (QED) is 0.809. The van der Waals surface area contributed by atoms with E-state index in [2.05, 4.69) is 10.0 Å². The van der Waals surface area contributed by atoms with E-state index in [9.17, 15) is 13.2 Å². The Kier molecular flexibility index (Phi) is 5.85. The number of benzene rings is 2. The molecule has 8 heteroatoms. The highest BCUT2D eigenvalue weighted by Crippen LogP contribution is 2.22. The minimum atomic E-state index is -3.42. The number of carbonyl (C=O) groups is 1. The second kappa shape index (κ2) is 7.89. The highest BCUT2D eigenvalue weighted by atomic mass is 32.2. The summed E-state index contributed by atoms with van der Waals surface area (Å²) in [5, 5.41) is 11.5. The van der Waals surface area contributed by atoms with Crippen molar-refractivity contribution in [2.24, 2.45) is 0 Å². The van der Waals surface area contributed by atoms with E-state index in [1.54, 1.807) is 56.3 Å². The number of anilines is 2. The maximum absolute atomic E-state index is 12.3. The summed E-state index contributed by atoms with van der Waals surface area (Å²) in [6.45, 7) is 3.35. The van der Waals surface area contributed by atoms with E-state index >= 15 is 0 Å². The second-order valence-electron chi connectivity index (χ2n) is 5.79. The molecule has 136 valence electrons. The standard InChI is InChI=1S/C18H19N3O4S/c1-12-4-7-15(10-17(12)21-26(3,23)24)20-18(22)13(2)25-16-8-5-14(11-19)6-9-16/h4-10,13,21H,1-3H3,(H,20,22)/t13-/m0/s1. The van der Waals surface area contributed by atoms with E-state index in [1.165, 1.54) is 0 Å². The van der Waals surface area contributed by atoms with Crippen molar-refractivity contribution in [1.82, 2.24) is 0 Å². The van der Waals surface area contributed by atoms with Gasteiger partial charge < -0.3 is 10.1 Å². The van der Waals surface area contributed by atoms with Crippen LogP contribution in [-0.4, -0.2) is 26.7 Å². The zero-order valence-corrected chi connectivity index (χ0v) is 15.4. The van der Waals surface area contributed by atoms with Crippen LogP contribution in [0.15, 0.2) is 42.5 Å². The van der Waals surface area contributed by atoms with Crippen LogP contribution < -0.4 is 14.8 Å². The van der Waals surface area contributed by atoms with Gasteiger partial charge in [-0.1, -0.05) is 6.07 Å². The van der Waals surface area contributed by atoms with Crippen molar-refractivity contribution in [3.05, 3.63) is 53.6 Å². The molecule has 0 saturated heterocycles. The number of rotatable bonds is 6. The summed E-state index contributed by atoms with van der Waals surface area (Å²) < 4.78 is 30.8. The smallest absolute Gasteiger partial charge is 0.265 e. The topological polar surface area (TPSA) is 108 Å². The molecule has 2 aromatic rings. The van der Waals surface area contributed by atoms with Crippen LogP contribution in [-0.2, 0) is 14.8 Å². The first kappa shape index (κ1) is 19.3. The van der Waals surface area contributed by atoms with Gasteiger partial charge in [0.2, 0.25) is 10.0 Å². The van der Waals surface area contributed by atoms with Crippen LogP contribution in [0.5, 0.6) is 5.75 Å². The molecule has 7 nitrogen and oxygen atoms in total. The van der Waals surface area contributed by atoms with Crippen molar-refractivity contribution in [1.29, 1.82) is 5.26 Å². The SMILES string of the molecule is Cc1ccc(NC(=O)[C@H](C)Oc2ccc(C#N)cc2)cc1NS(C)(=O)=O. The highest BCUT2D eigenvalue weighted by Gasteiger charge is 2.16. The van der Waals surface area contributed by atoms with Gasteiger partial charge in [-0.15, -0.1) is 0 Å². The van der Waals surface area contributed by atoms with Crippen LogP contribution in [0, 0.1) is 18.3 Å². The summed E-state index contributed by atoms with van der Waals surface area (Å²) in [6, 6.07) is 13.4. The average Bonchev–Trinajstić information content (AvgIpc) is 2.57. The minimum absolute atomic E-state index is 0.386. The third-order valence-electron chi connectivity index (χ3n) is 3.47. The first-order valence-electron chi connectivity index (χ1n) is 7.74. The van der Waals surface area contributed by atoms with Crippen LogP contribution >= 0.6 is 0 Å². The molecule has 26 heavy (non-hydrogen) atoms. The van der Waals surface area contributed by atoms with Gasteiger partial charge in [0.1, 0.15) is 5.75 Å². The molecule has 2 aromatic carbocycles. The molecule has 0 aliphatic rings. The molecule has 0 aromatic heterocycles. The third-order valence-corrected chi connectivity index (χ3v) is 4.06. The van der Waals surface area contributed by atoms with Crippen molar-refractivity contribution in [3.8, 4) is 11.8 Å². The molecule has 0 saturated carbocycles. The Bertz CT molecular complexity index is 947. The summed E-state index contributed by atoms with van der Waals surface area (Å²) in [5.41, 5.74) is 2.07. The minimum Gasteiger partial charge on any atom is -0.481 e. The summed E-state index contributed by atoms with van der Waals surface area (Å²) in [6.07, 6.45) is 0.279. The van der Waals surface area contributed by atoms with Crippen LogP contribution in [0.2, 0.25) is 0 Å². The fraction of sp³-hybridized carbons (Fsp3) is 0.222. The molecule has 0 aliphatic carbocycles. The largest absolute Gasteiger partial charge is 0.481 e. The summed E-state index contributed by atoms with van der Waals surface area (Å²) in [5.74, 6) is 0.0820. The van der Waals surface area contributed by atoms with Gasteiger partial charge in [-0.25, -0.2) is 8.42 Å². The maximum atomic E-state index is 12.3. The molecule has 0 unspecified atom stereocenters. The lowest BCUT2D eigenvalue weighted by Crippen LogP contribution is -2.30. The third kappa shape index (κ3) is 5.50. The molecule has 2 N–H and O–H groups in total. The number of carbonyl (C=O) groups excluding carboxylic acids is 1. The van der Waals surface area contributed by atoms with E-state index in [4.69, 9.17) is 10.00 Å². The Labute approximate surface area is 152 Å². The first-order chi connectivity index (χ1) is 12.2. The number of hydrogen-bond acceptors (Lipinski definition) is 5. The lowest BCUT2D eigenvalue weighted by atomic mass is 10.2. The van der Waals surface area contributed by atoms with Crippen molar-refractivity contribution in [2.75, 3.05) is 16.3 Å². The van der Waals surface area contributed by atoms with Crippen LogP contribution in [0.25, 0.3) is 0 Å². The number of hydrogen-bond donors (Lipinski definition) is 2. The molecular weight excluding hydrogens is 354 g/mol. The van der Waals surface area contributed by atoms with E-state index in [-0.39, 0.29) is 5.91 Å². The van der Waals surface area contributed by atoms with Crippen molar-refractivity contribution >= 4 is 27.3 Å². The van der Waals surface area contributed by atoms with E-state index in [0.717, 1.165) is 11.8 Å². The van der Waals surface area contributed by atoms with E-state index < -0.39 is 16.1 Å². The molecule has 1 amide bonds. The lowest BCUT2D eigenvalue weighted by molar-refractivity contribution is -0.122. The Morgan fingerprint density at radius 2 is 1.85 bits per heavy atom. The number of nitrogens with zero attached hydrogens (tertiary/aromatic N) is 1. The average molecular weight is 373 g/mol. The van der Waals surface area contributed by atoms with Crippen molar-refractivity contribution in [2.45, 2.75) is 20.0 Å². The molecular formula is C18H19N3O4S. The van der Waals surface area contributed by atoms with E-state index in [0.29, 0.717) is 22.7 Å². The van der Waals surface area contributed by atoms with Crippen LogP contribution in [0.3, 0.4) is 0 Å². The monoisotopic (exact) mass is 373 g/mol. The predicted octanol–water partition coefficient (Wildman–Crippen LogP) is 2.64. The predicted molar refractivity (Wildman–Crippen MR) is 99.5 cm³/mol. The lowest BCUT2D eigenvalue weighted by Gasteiger charge is -2.16. The van der Waals surface area contributed by atoms with Gasteiger partial charge in [0, 0.05) is 5.69 Å². The van der Waals surface area contributed by atoms with Crippen molar-refractivity contribution < 1.29 is 17.9 Å². The molecule has 1 atom stereocenters. The number of ether oxygens (including phenoxy) is 1.